The number of thioether (sulfide) groups is 1. The average Bonchev–Trinajstić information content (AvgIpc) is 3.31. The molecule has 6 nitrogen and oxygen atoms in total. The van der Waals surface area contributed by atoms with Gasteiger partial charge in [0.1, 0.15) is 12.4 Å². The van der Waals surface area contributed by atoms with Crippen molar-refractivity contribution in [3.05, 3.63) is 42.0 Å². The quantitative estimate of drug-likeness (QED) is 0.446. The normalized spacial score (nSPS) is 19.8. The standard InChI is InChI=1S/C22H32N6S/c1-2-23-22(24-15-21-26-25-20-11-7-4-8-13-28(20)21)27-14-12-18(16-27)17-29-19-9-5-3-6-10-19/h3,5-6,9-10,18H,2,4,7-8,11-17H2,1H3,(H,23,24). The maximum Gasteiger partial charge on any atom is 0.194 e. The van der Waals surface area contributed by atoms with Gasteiger partial charge in [0.05, 0.1) is 0 Å². The zero-order valence-corrected chi connectivity index (χ0v) is 18.2. The lowest BCUT2D eigenvalue weighted by Crippen LogP contribution is -2.40. The highest BCUT2D eigenvalue weighted by Gasteiger charge is 2.25. The SMILES string of the molecule is CCNC(=NCc1nnc2n1CCCCC2)N1CCC(CSc2ccccc2)C1. The first-order valence-electron chi connectivity index (χ1n) is 11.0. The van der Waals surface area contributed by atoms with E-state index in [1.165, 1.54) is 30.6 Å². The molecule has 2 aromatic rings. The Morgan fingerprint density at radius 2 is 2.07 bits per heavy atom. The maximum absolute atomic E-state index is 4.93. The molecular formula is C22H32N6S. The van der Waals surface area contributed by atoms with Gasteiger partial charge < -0.3 is 14.8 Å². The van der Waals surface area contributed by atoms with E-state index in [-0.39, 0.29) is 0 Å². The minimum atomic E-state index is 0.606. The van der Waals surface area contributed by atoms with Gasteiger partial charge in [-0.15, -0.1) is 22.0 Å². The molecule has 0 radical (unpaired) electrons. The van der Waals surface area contributed by atoms with Crippen LogP contribution in [0.5, 0.6) is 0 Å². The van der Waals surface area contributed by atoms with Gasteiger partial charge in [0.15, 0.2) is 11.8 Å². The summed E-state index contributed by atoms with van der Waals surface area (Å²) in [5.41, 5.74) is 0. The number of aryl methyl sites for hydroxylation is 1. The molecule has 0 bridgehead atoms. The Bertz CT molecular complexity index is 803. The van der Waals surface area contributed by atoms with Crippen molar-refractivity contribution in [3.8, 4) is 0 Å². The van der Waals surface area contributed by atoms with Crippen LogP contribution < -0.4 is 5.32 Å². The number of rotatable bonds is 6. The second-order valence-electron chi connectivity index (χ2n) is 7.89. The Morgan fingerprint density at radius 1 is 1.17 bits per heavy atom. The zero-order chi connectivity index (χ0) is 19.9. The highest BCUT2D eigenvalue weighted by Crippen LogP contribution is 2.26. The van der Waals surface area contributed by atoms with E-state index in [1.807, 2.05) is 11.8 Å². The summed E-state index contributed by atoms with van der Waals surface area (Å²) in [5.74, 6) is 5.03. The predicted octanol–water partition coefficient (Wildman–Crippen LogP) is 3.58. The summed E-state index contributed by atoms with van der Waals surface area (Å²) in [7, 11) is 0. The average molecular weight is 413 g/mol. The summed E-state index contributed by atoms with van der Waals surface area (Å²) in [6.45, 7) is 6.81. The first-order valence-corrected chi connectivity index (χ1v) is 11.9. The van der Waals surface area contributed by atoms with E-state index in [2.05, 4.69) is 62.2 Å². The number of guanidine groups is 1. The van der Waals surface area contributed by atoms with Gasteiger partial charge in [-0.3, -0.25) is 0 Å². The number of hydrogen-bond acceptors (Lipinski definition) is 4. The summed E-state index contributed by atoms with van der Waals surface area (Å²) in [4.78, 5) is 8.71. The second-order valence-corrected chi connectivity index (χ2v) is 8.98. The van der Waals surface area contributed by atoms with E-state index in [1.54, 1.807) is 0 Å². The first-order chi connectivity index (χ1) is 14.3. The Hall–Kier alpha value is -2.02. The van der Waals surface area contributed by atoms with Crippen LogP contribution in [0.4, 0.5) is 0 Å². The fourth-order valence-corrected chi connectivity index (χ4v) is 5.18. The van der Waals surface area contributed by atoms with Crippen molar-refractivity contribution in [1.29, 1.82) is 0 Å². The lowest BCUT2D eigenvalue weighted by Gasteiger charge is -2.21. The molecule has 3 heterocycles. The number of nitrogens with one attached hydrogen (secondary N) is 1. The van der Waals surface area contributed by atoms with Gasteiger partial charge in [-0.25, -0.2) is 4.99 Å². The fraction of sp³-hybridized carbons (Fsp3) is 0.591. The molecule has 7 heteroatoms. The van der Waals surface area contributed by atoms with Crippen molar-refractivity contribution >= 4 is 17.7 Å². The molecule has 0 saturated carbocycles. The molecule has 1 unspecified atom stereocenters. The van der Waals surface area contributed by atoms with E-state index < -0.39 is 0 Å². The Balaban J connectivity index is 1.36. The van der Waals surface area contributed by atoms with E-state index in [0.717, 1.165) is 56.0 Å². The van der Waals surface area contributed by atoms with Crippen LogP contribution in [0, 0.1) is 5.92 Å². The molecule has 1 N–H and O–H groups in total. The molecule has 1 fully saturated rings. The molecule has 1 atom stereocenters. The number of fused-ring (bicyclic) bond motifs is 1. The van der Waals surface area contributed by atoms with Crippen molar-refractivity contribution < 1.29 is 0 Å². The van der Waals surface area contributed by atoms with Crippen molar-refractivity contribution in [3.63, 3.8) is 0 Å². The van der Waals surface area contributed by atoms with Gasteiger partial charge in [0, 0.05) is 43.2 Å². The van der Waals surface area contributed by atoms with Gasteiger partial charge >= 0.3 is 0 Å². The number of likely N-dealkylation sites (tertiary alicyclic amines) is 1. The van der Waals surface area contributed by atoms with Crippen LogP contribution in [0.15, 0.2) is 40.2 Å². The van der Waals surface area contributed by atoms with Crippen molar-refractivity contribution in [2.24, 2.45) is 10.9 Å². The minimum absolute atomic E-state index is 0.606. The topological polar surface area (TPSA) is 58.3 Å². The number of aromatic nitrogens is 3. The molecule has 0 amide bonds. The van der Waals surface area contributed by atoms with Gasteiger partial charge in [0.25, 0.3) is 0 Å². The van der Waals surface area contributed by atoms with E-state index in [4.69, 9.17) is 4.99 Å². The molecule has 1 saturated heterocycles. The van der Waals surface area contributed by atoms with Crippen LogP contribution in [0.3, 0.4) is 0 Å². The molecule has 0 aliphatic carbocycles. The number of hydrogen-bond donors (Lipinski definition) is 1. The largest absolute Gasteiger partial charge is 0.357 e. The molecule has 1 aromatic carbocycles. The van der Waals surface area contributed by atoms with Crippen LogP contribution in [0.25, 0.3) is 0 Å². The Labute approximate surface area is 178 Å². The molecule has 0 spiro atoms. The van der Waals surface area contributed by atoms with E-state index in [9.17, 15) is 0 Å². The monoisotopic (exact) mass is 412 g/mol. The van der Waals surface area contributed by atoms with Gasteiger partial charge in [0.2, 0.25) is 0 Å². The van der Waals surface area contributed by atoms with Crippen LogP contribution >= 0.6 is 11.8 Å². The highest BCUT2D eigenvalue weighted by atomic mass is 32.2. The summed E-state index contributed by atoms with van der Waals surface area (Å²) < 4.78 is 2.29. The van der Waals surface area contributed by atoms with Crippen LogP contribution in [-0.4, -0.2) is 51.0 Å². The molecule has 2 aliphatic rings. The molecule has 1 aromatic heterocycles. The van der Waals surface area contributed by atoms with Crippen LogP contribution in [0.2, 0.25) is 0 Å². The lowest BCUT2D eigenvalue weighted by molar-refractivity contribution is 0.473. The summed E-state index contributed by atoms with van der Waals surface area (Å²) in [5, 5.41) is 12.3. The zero-order valence-electron chi connectivity index (χ0n) is 17.4. The number of benzene rings is 1. The Morgan fingerprint density at radius 3 is 2.93 bits per heavy atom. The van der Waals surface area contributed by atoms with Gasteiger partial charge in [-0.05, 0) is 44.2 Å². The predicted molar refractivity (Wildman–Crippen MR) is 119 cm³/mol. The minimum Gasteiger partial charge on any atom is -0.357 e. The number of aliphatic imine (C=N–C) groups is 1. The third-order valence-electron chi connectivity index (χ3n) is 5.71. The van der Waals surface area contributed by atoms with Gasteiger partial charge in [-0.1, -0.05) is 24.6 Å². The molecule has 29 heavy (non-hydrogen) atoms. The maximum atomic E-state index is 4.93. The first kappa shape index (κ1) is 20.3. The van der Waals surface area contributed by atoms with E-state index >= 15 is 0 Å². The summed E-state index contributed by atoms with van der Waals surface area (Å²) >= 11 is 1.97. The molecule has 4 rings (SSSR count). The summed E-state index contributed by atoms with van der Waals surface area (Å²) in [6, 6.07) is 10.7. The van der Waals surface area contributed by atoms with Crippen molar-refractivity contribution in [1.82, 2.24) is 25.0 Å². The van der Waals surface area contributed by atoms with Crippen LogP contribution in [-0.2, 0) is 19.5 Å². The molecule has 2 aliphatic heterocycles. The Kier molecular flexibility index (Phi) is 7.09. The van der Waals surface area contributed by atoms with Crippen molar-refractivity contribution in [2.45, 2.75) is 57.0 Å². The van der Waals surface area contributed by atoms with Crippen LogP contribution in [0.1, 0.15) is 44.3 Å². The summed E-state index contributed by atoms with van der Waals surface area (Å²) in [6.07, 6.45) is 5.99. The fourth-order valence-electron chi connectivity index (χ4n) is 4.13. The third kappa shape index (κ3) is 5.32. The highest BCUT2D eigenvalue weighted by molar-refractivity contribution is 7.99. The van der Waals surface area contributed by atoms with Gasteiger partial charge in [-0.2, -0.15) is 0 Å². The third-order valence-corrected chi connectivity index (χ3v) is 6.95. The molecular weight excluding hydrogens is 380 g/mol. The van der Waals surface area contributed by atoms with Crippen molar-refractivity contribution in [2.75, 3.05) is 25.4 Å². The second kappa shape index (κ2) is 10.1. The lowest BCUT2D eigenvalue weighted by atomic mass is 10.2. The number of nitrogens with zero attached hydrogens (tertiary/aromatic N) is 5. The van der Waals surface area contributed by atoms with E-state index in [0.29, 0.717) is 12.5 Å². The smallest absolute Gasteiger partial charge is 0.194 e. The molecule has 156 valence electrons.